The van der Waals surface area contributed by atoms with Crippen molar-refractivity contribution in [1.29, 1.82) is 0 Å². The molecule has 0 aliphatic carbocycles. The van der Waals surface area contributed by atoms with Gasteiger partial charge in [-0.3, -0.25) is 14.2 Å². The molecule has 12 nitrogen and oxygen atoms in total. The molecule has 4 saturated heterocycles. The summed E-state index contributed by atoms with van der Waals surface area (Å²) < 4.78 is 74.1. The molecule has 4 fully saturated rings. The average Bonchev–Trinajstić information content (AvgIpc) is 3.96. The van der Waals surface area contributed by atoms with E-state index in [1.165, 1.54) is 13.2 Å². The van der Waals surface area contributed by atoms with E-state index in [2.05, 4.69) is 40.9 Å². The standard InChI is InChI=1S/C45H52F3N7O5Si/c1-44(2,3)60-43(56)55-29-10-11-30(55)24-52(23-29)41-36-38(50-42(51-41)58-25-45-14-8-16-53(45)22-28(46)21-45)37(48)39(54-17-15-49-40(36)54)33-20-31(59-26-57-4)19-27-9-12-34(47)32(35(27)33)13-18-61(5,6)7/h9,12,15,17,19-20,28-30H,8,10-11,14,16,21-26H2,1-7H3/t28-,29?,30?,45+/m1/s1. The number of benzene rings is 2. The first-order chi connectivity index (χ1) is 29.0. The van der Waals surface area contributed by atoms with Crippen molar-refractivity contribution in [3.05, 3.63) is 53.9 Å². The number of imidazole rings is 1. The quantitative estimate of drug-likeness (QED) is 0.0863. The highest BCUT2D eigenvalue weighted by Gasteiger charge is 2.50. The van der Waals surface area contributed by atoms with Crippen molar-refractivity contribution in [1.82, 2.24) is 29.2 Å². The van der Waals surface area contributed by atoms with E-state index < -0.39 is 37.0 Å². The van der Waals surface area contributed by atoms with Crippen LogP contribution in [0, 0.1) is 23.1 Å². The Labute approximate surface area is 354 Å². The highest BCUT2D eigenvalue weighted by Crippen LogP contribution is 2.44. The molecule has 0 N–H and O–H groups in total. The van der Waals surface area contributed by atoms with Gasteiger partial charge < -0.3 is 23.8 Å². The van der Waals surface area contributed by atoms with Crippen LogP contribution in [0.3, 0.4) is 0 Å². The third-order valence-corrected chi connectivity index (χ3v) is 13.1. The van der Waals surface area contributed by atoms with E-state index in [1.807, 2.05) is 25.7 Å². The van der Waals surface area contributed by atoms with Crippen molar-refractivity contribution >= 4 is 47.3 Å². The fourth-order valence-electron chi connectivity index (χ4n) is 9.74. The lowest BCUT2D eigenvalue weighted by molar-refractivity contribution is 0.0122. The van der Waals surface area contributed by atoms with Crippen LogP contribution in [0.5, 0.6) is 11.8 Å². The number of carbonyl (C=O) groups excluding carboxylic acids is 1. The number of aromatic nitrogens is 4. The summed E-state index contributed by atoms with van der Waals surface area (Å²) in [7, 11) is -0.483. The number of pyridine rings is 1. The molecule has 16 heteroatoms. The molecule has 0 saturated carbocycles. The summed E-state index contributed by atoms with van der Waals surface area (Å²) in [6, 6.07) is 6.01. The lowest BCUT2D eigenvalue weighted by atomic mass is 9.95. The van der Waals surface area contributed by atoms with Gasteiger partial charge in [0.1, 0.15) is 49.4 Å². The van der Waals surface area contributed by atoms with Crippen molar-refractivity contribution in [2.45, 2.75) is 102 Å². The number of nitrogens with zero attached hydrogens (tertiary/aromatic N) is 7. The number of piperazine rings is 1. The van der Waals surface area contributed by atoms with Crippen LogP contribution in [0.2, 0.25) is 19.6 Å². The molecular weight excluding hydrogens is 804 g/mol. The Bertz CT molecular complexity index is 2610. The molecule has 5 aromatic rings. The molecule has 4 aliphatic rings. The van der Waals surface area contributed by atoms with Crippen molar-refractivity contribution in [3.8, 4) is 34.5 Å². The van der Waals surface area contributed by atoms with Crippen LogP contribution in [-0.2, 0) is 9.47 Å². The maximum atomic E-state index is 18.2. The van der Waals surface area contributed by atoms with E-state index in [9.17, 15) is 9.18 Å². The zero-order valence-corrected chi connectivity index (χ0v) is 36.8. The van der Waals surface area contributed by atoms with Gasteiger partial charge in [-0.2, -0.15) is 9.97 Å². The smallest absolute Gasteiger partial charge is 0.410 e. The summed E-state index contributed by atoms with van der Waals surface area (Å²) in [5, 5.41) is 1.35. The predicted molar refractivity (Wildman–Crippen MR) is 230 cm³/mol. The van der Waals surface area contributed by atoms with Gasteiger partial charge >= 0.3 is 12.1 Å². The number of hydrogen-bond acceptors (Lipinski definition) is 10. The molecule has 2 unspecified atom stereocenters. The normalized spacial score (nSPS) is 22.9. The molecule has 0 radical (unpaired) electrons. The third kappa shape index (κ3) is 7.63. The number of amides is 1. The van der Waals surface area contributed by atoms with Crippen LogP contribution in [0.1, 0.15) is 58.4 Å². The van der Waals surface area contributed by atoms with E-state index in [-0.39, 0.29) is 54.4 Å². The fourth-order valence-corrected chi connectivity index (χ4v) is 10.2. The number of alkyl halides is 1. The molecular formula is C45H52F3N7O5Si. The third-order valence-electron chi connectivity index (χ3n) is 12.2. The van der Waals surface area contributed by atoms with Crippen molar-refractivity contribution < 1.29 is 36.9 Å². The van der Waals surface area contributed by atoms with Gasteiger partial charge in [0, 0.05) is 56.5 Å². The van der Waals surface area contributed by atoms with Gasteiger partial charge in [-0.25, -0.2) is 22.9 Å². The van der Waals surface area contributed by atoms with Gasteiger partial charge in [0.15, 0.2) is 18.3 Å². The summed E-state index contributed by atoms with van der Waals surface area (Å²) in [4.78, 5) is 34.1. The van der Waals surface area contributed by atoms with E-state index in [0.717, 1.165) is 32.2 Å². The van der Waals surface area contributed by atoms with Gasteiger partial charge in [0.2, 0.25) is 0 Å². The molecule has 2 aromatic carbocycles. The Hall–Kier alpha value is -5.11. The van der Waals surface area contributed by atoms with Crippen LogP contribution in [0.25, 0.3) is 38.6 Å². The molecule has 9 rings (SSSR count). The first kappa shape index (κ1) is 41.2. The monoisotopic (exact) mass is 855 g/mol. The number of hydrogen-bond donors (Lipinski definition) is 0. The van der Waals surface area contributed by atoms with Crippen LogP contribution in [-0.4, -0.2) is 119 Å². The first-order valence-electron chi connectivity index (χ1n) is 21.1. The number of anilines is 1. The minimum Gasteiger partial charge on any atom is -0.468 e. The van der Waals surface area contributed by atoms with E-state index >= 15 is 8.78 Å². The highest BCUT2D eigenvalue weighted by atomic mass is 28.3. The second-order valence-electron chi connectivity index (χ2n) is 18.9. The number of methoxy groups -OCH3 is 1. The van der Waals surface area contributed by atoms with Gasteiger partial charge in [-0.15, -0.1) is 5.54 Å². The van der Waals surface area contributed by atoms with E-state index in [4.69, 9.17) is 33.9 Å². The molecule has 7 heterocycles. The van der Waals surface area contributed by atoms with Crippen LogP contribution in [0.4, 0.5) is 23.8 Å². The summed E-state index contributed by atoms with van der Waals surface area (Å²) in [6.07, 6.45) is 5.47. The number of fused-ring (bicyclic) bond motifs is 7. The van der Waals surface area contributed by atoms with Gasteiger partial charge in [0.25, 0.3) is 0 Å². The van der Waals surface area contributed by atoms with Crippen LogP contribution < -0.4 is 14.4 Å². The van der Waals surface area contributed by atoms with Crippen molar-refractivity contribution in [2.75, 3.05) is 51.6 Å². The van der Waals surface area contributed by atoms with Gasteiger partial charge in [0.05, 0.1) is 34.3 Å². The summed E-state index contributed by atoms with van der Waals surface area (Å²) in [5.41, 5.74) is 2.98. The maximum Gasteiger partial charge on any atom is 0.410 e. The Morgan fingerprint density at radius 3 is 2.52 bits per heavy atom. The summed E-state index contributed by atoms with van der Waals surface area (Å²) in [6.45, 7) is 13.8. The molecule has 322 valence electrons. The topological polar surface area (TPSA) is 107 Å². The van der Waals surface area contributed by atoms with Crippen LogP contribution in [0.15, 0.2) is 36.7 Å². The van der Waals surface area contributed by atoms with Gasteiger partial charge in [-0.1, -0.05) is 31.6 Å². The molecule has 4 aliphatic heterocycles. The fraction of sp³-hybridized carbons (Fsp3) is 0.511. The SMILES string of the molecule is COCOc1cc(-c2c(F)c3nc(OC[C@@]45CCCN4C[C@H](F)C5)nc(N4CC5CCC(C4)N5C(=O)OC(C)(C)C)c3c3nccn23)c2c(C#C[Si](C)(C)C)c(F)ccc2c1. The summed E-state index contributed by atoms with van der Waals surface area (Å²) in [5.74, 6) is 2.68. The number of halogens is 3. The average molecular weight is 856 g/mol. The Kier molecular flexibility index (Phi) is 10.4. The molecule has 61 heavy (non-hydrogen) atoms. The van der Waals surface area contributed by atoms with E-state index in [1.54, 1.807) is 35.0 Å². The molecule has 4 atom stereocenters. The Morgan fingerprint density at radius 2 is 1.80 bits per heavy atom. The predicted octanol–water partition coefficient (Wildman–Crippen LogP) is 8.13. The van der Waals surface area contributed by atoms with Gasteiger partial charge in [-0.05, 0) is 76.6 Å². The van der Waals surface area contributed by atoms with Crippen molar-refractivity contribution in [3.63, 3.8) is 0 Å². The number of carbonyl (C=O) groups is 1. The summed E-state index contributed by atoms with van der Waals surface area (Å²) >= 11 is 0. The minimum absolute atomic E-state index is 0.0475. The number of rotatable bonds is 8. The molecule has 3 aromatic heterocycles. The van der Waals surface area contributed by atoms with Crippen molar-refractivity contribution in [2.24, 2.45) is 0 Å². The lowest BCUT2D eigenvalue weighted by Crippen LogP contribution is -2.57. The maximum absolute atomic E-state index is 18.2. The molecule has 0 spiro atoms. The number of ether oxygens (including phenoxy) is 4. The lowest BCUT2D eigenvalue weighted by Gasteiger charge is -2.42. The largest absolute Gasteiger partial charge is 0.468 e. The second-order valence-corrected chi connectivity index (χ2v) is 23.7. The second kappa shape index (κ2) is 15.4. The Morgan fingerprint density at radius 1 is 1.03 bits per heavy atom. The molecule has 2 bridgehead atoms. The zero-order valence-electron chi connectivity index (χ0n) is 35.8. The first-order valence-corrected chi connectivity index (χ1v) is 24.6. The highest BCUT2D eigenvalue weighted by molar-refractivity contribution is 6.83. The zero-order chi connectivity index (χ0) is 43.0. The van der Waals surface area contributed by atoms with E-state index in [0.29, 0.717) is 65.0 Å². The Balaban J connectivity index is 1.25. The minimum atomic E-state index is -1.99. The van der Waals surface area contributed by atoms with Crippen LogP contribution >= 0.6 is 0 Å². The molecule has 1 amide bonds.